The van der Waals surface area contributed by atoms with Crippen molar-refractivity contribution in [3.63, 3.8) is 0 Å². The fourth-order valence-electron chi connectivity index (χ4n) is 3.91. The summed E-state index contributed by atoms with van der Waals surface area (Å²) >= 11 is 0. The van der Waals surface area contributed by atoms with Gasteiger partial charge in [-0.15, -0.1) is 0 Å². The SMILES string of the molecule is Cn1cc(CCC(=O)N[C@@H]2CC(=O)N(C3CCCCCC3)C2)cn1. The number of hydrogen-bond donors (Lipinski definition) is 1. The average Bonchev–Trinajstić information content (AvgIpc) is 3.01. The third kappa shape index (κ3) is 4.36. The number of amides is 2. The number of aromatic nitrogens is 2. The number of nitrogens with zero attached hydrogens (tertiary/aromatic N) is 3. The van der Waals surface area contributed by atoms with Crippen LogP contribution in [-0.2, 0) is 23.1 Å². The van der Waals surface area contributed by atoms with Crippen molar-refractivity contribution in [1.82, 2.24) is 20.0 Å². The Bertz CT molecular complexity index is 575. The van der Waals surface area contributed by atoms with Gasteiger partial charge >= 0.3 is 0 Å². The normalized spacial score (nSPS) is 22.6. The van der Waals surface area contributed by atoms with Crippen molar-refractivity contribution in [2.75, 3.05) is 6.54 Å². The summed E-state index contributed by atoms with van der Waals surface area (Å²) in [5.74, 6) is 0.235. The first-order valence-electron chi connectivity index (χ1n) is 9.18. The van der Waals surface area contributed by atoms with Crippen LogP contribution in [0.5, 0.6) is 0 Å². The summed E-state index contributed by atoms with van der Waals surface area (Å²) in [6.45, 7) is 0.683. The summed E-state index contributed by atoms with van der Waals surface area (Å²) < 4.78 is 1.74. The molecule has 0 radical (unpaired) electrons. The molecular weight excluding hydrogens is 304 g/mol. The van der Waals surface area contributed by atoms with Crippen LogP contribution in [0.15, 0.2) is 12.4 Å². The summed E-state index contributed by atoms with van der Waals surface area (Å²) in [6, 6.07) is 0.361. The van der Waals surface area contributed by atoms with E-state index >= 15 is 0 Å². The van der Waals surface area contributed by atoms with Gasteiger partial charge in [0, 0.05) is 38.7 Å². The van der Waals surface area contributed by atoms with Crippen molar-refractivity contribution in [1.29, 1.82) is 0 Å². The zero-order valence-electron chi connectivity index (χ0n) is 14.5. The number of hydrogen-bond acceptors (Lipinski definition) is 3. The van der Waals surface area contributed by atoms with Crippen LogP contribution in [0.2, 0.25) is 0 Å². The summed E-state index contributed by atoms with van der Waals surface area (Å²) in [5, 5.41) is 7.15. The number of carbonyl (C=O) groups excluding carboxylic acids is 2. The van der Waals surface area contributed by atoms with E-state index in [2.05, 4.69) is 10.4 Å². The van der Waals surface area contributed by atoms with E-state index in [0.717, 1.165) is 18.4 Å². The highest BCUT2D eigenvalue weighted by Gasteiger charge is 2.34. The van der Waals surface area contributed by atoms with E-state index in [9.17, 15) is 9.59 Å². The van der Waals surface area contributed by atoms with Gasteiger partial charge < -0.3 is 10.2 Å². The molecule has 0 aromatic carbocycles. The molecule has 1 saturated heterocycles. The molecule has 3 rings (SSSR count). The molecule has 1 aliphatic carbocycles. The molecule has 1 aliphatic heterocycles. The predicted molar refractivity (Wildman–Crippen MR) is 91.3 cm³/mol. The van der Waals surface area contributed by atoms with Crippen LogP contribution in [0, 0.1) is 0 Å². The Hall–Kier alpha value is -1.85. The van der Waals surface area contributed by atoms with Crippen molar-refractivity contribution in [3.05, 3.63) is 18.0 Å². The van der Waals surface area contributed by atoms with Crippen LogP contribution in [0.25, 0.3) is 0 Å². The second kappa shape index (κ2) is 7.81. The topological polar surface area (TPSA) is 67.2 Å². The van der Waals surface area contributed by atoms with Crippen LogP contribution in [-0.4, -0.2) is 45.1 Å². The maximum atomic E-state index is 12.3. The molecule has 132 valence electrons. The molecule has 6 nitrogen and oxygen atoms in total. The van der Waals surface area contributed by atoms with Gasteiger partial charge in [0.2, 0.25) is 11.8 Å². The smallest absolute Gasteiger partial charge is 0.225 e. The van der Waals surface area contributed by atoms with Crippen LogP contribution in [0.4, 0.5) is 0 Å². The third-order valence-corrected chi connectivity index (χ3v) is 5.19. The fraction of sp³-hybridized carbons (Fsp3) is 0.722. The number of nitrogens with one attached hydrogen (secondary N) is 1. The van der Waals surface area contributed by atoms with Gasteiger partial charge in [-0.3, -0.25) is 14.3 Å². The van der Waals surface area contributed by atoms with Crippen molar-refractivity contribution in [3.8, 4) is 0 Å². The lowest BCUT2D eigenvalue weighted by Gasteiger charge is -2.27. The first-order valence-corrected chi connectivity index (χ1v) is 9.18. The highest BCUT2D eigenvalue weighted by atomic mass is 16.2. The zero-order chi connectivity index (χ0) is 16.9. The van der Waals surface area contributed by atoms with Gasteiger partial charge in [0.1, 0.15) is 0 Å². The van der Waals surface area contributed by atoms with Crippen molar-refractivity contribution in [2.24, 2.45) is 7.05 Å². The Balaban J connectivity index is 1.45. The van der Waals surface area contributed by atoms with Crippen LogP contribution in [0.1, 0.15) is 56.9 Å². The molecule has 2 amide bonds. The van der Waals surface area contributed by atoms with E-state index in [1.807, 2.05) is 18.1 Å². The summed E-state index contributed by atoms with van der Waals surface area (Å²) in [6.07, 6.45) is 12.6. The summed E-state index contributed by atoms with van der Waals surface area (Å²) in [7, 11) is 1.87. The average molecular weight is 332 g/mol. The Kier molecular flexibility index (Phi) is 5.53. The maximum absolute atomic E-state index is 12.3. The molecule has 1 aromatic rings. The quantitative estimate of drug-likeness (QED) is 0.836. The Labute approximate surface area is 143 Å². The first kappa shape index (κ1) is 17.0. The monoisotopic (exact) mass is 332 g/mol. The maximum Gasteiger partial charge on any atom is 0.225 e. The number of aryl methyl sites for hydroxylation is 2. The largest absolute Gasteiger partial charge is 0.351 e. The lowest BCUT2D eigenvalue weighted by Crippen LogP contribution is -2.40. The van der Waals surface area contributed by atoms with Gasteiger partial charge in [-0.25, -0.2) is 0 Å². The highest BCUT2D eigenvalue weighted by Crippen LogP contribution is 2.25. The highest BCUT2D eigenvalue weighted by molar-refractivity contribution is 5.82. The molecule has 1 N–H and O–H groups in total. The first-order chi connectivity index (χ1) is 11.6. The molecular formula is C18H28N4O2. The van der Waals surface area contributed by atoms with Gasteiger partial charge in [-0.1, -0.05) is 25.7 Å². The minimum absolute atomic E-state index is 0.0258. The van der Waals surface area contributed by atoms with Gasteiger partial charge in [-0.2, -0.15) is 5.10 Å². The second-order valence-corrected chi connectivity index (χ2v) is 7.18. The van der Waals surface area contributed by atoms with E-state index in [0.29, 0.717) is 31.8 Å². The number of carbonyl (C=O) groups is 2. The van der Waals surface area contributed by atoms with Crippen molar-refractivity contribution < 1.29 is 9.59 Å². The lowest BCUT2D eigenvalue weighted by molar-refractivity contribution is -0.129. The van der Waals surface area contributed by atoms with E-state index in [4.69, 9.17) is 0 Å². The van der Waals surface area contributed by atoms with Gasteiger partial charge in [0.05, 0.1) is 12.2 Å². The molecule has 0 unspecified atom stereocenters. The van der Waals surface area contributed by atoms with Crippen LogP contribution in [0.3, 0.4) is 0 Å². The fourth-order valence-corrected chi connectivity index (χ4v) is 3.91. The minimum Gasteiger partial charge on any atom is -0.351 e. The van der Waals surface area contributed by atoms with Crippen LogP contribution >= 0.6 is 0 Å². The molecule has 1 saturated carbocycles. The lowest BCUT2D eigenvalue weighted by atomic mass is 10.1. The molecule has 2 fully saturated rings. The van der Waals surface area contributed by atoms with E-state index in [-0.39, 0.29) is 17.9 Å². The molecule has 2 heterocycles. The third-order valence-electron chi connectivity index (χ3n) is 5.19. The van der Waals surface area contributed by atoms with Gasteiger partial charge in [-0.05, 0) is 24.8 Å². The van der Waals surface area contributed by atoms with Gasteiger partial charge in [0.25, 0.3) is 0 Å². The van der Waals surface area contributed by atoms with Crippen LogP contribution < -0.4 is 5.32 Å². The van der Waals surface area contributed by atoms with Crippen molar-refractivity contribution >= 4 is 11.8 Å². The summed E-state index contributed by atoms with van der Waals surface area (Å²) in [4.78, 5) is 26.5. The molecule has 1 aromatic heterocycles. The Morgan fingerprint density at radius 1 is 1.29 bits per heavy atom. The minimum atomic E-state index is -0.0258. The van der Waals surface area contributed by atoms with E-state index in [1.165, 1.54) is 25.7 Å². The Morgan fingerprint density at radius 3 is 2.71 bits per heavy atom. The zero-order valence-corrected chi connectivity index (χ0v) is 14.5. The predicted octanol–water partition coefficient (Wildman–Crippen LogP) is 1.79. The molecule has 6 heteroatoms. The molecule has 1 atom stereocenters. The van der Waals surface area contributed by atoms with E-state index < -0.39 is 0 Å². The molecule has 24 heavy (non-hydrogen) atoms. The van der Waals surface area contributed by atoms with Crippen molar-refractivity contribution in [2.45, 2.75) is 69.9 Å². The molecule has 2 aliphatic rings. The van der Waals surface area contributed by atoms with Gasteiger partial charge in [0.15, 0.2) is 0 Å². The number of rotatable bonds is 5. The van der Waals surface area contributed by atoms with E-state index in [1.54, 1.807) is 10.9 Å². The second-order valence-electron chi connectivity index (χ2n) is 7.18. The molecule has 0 bridgehead atoms. The molecule has 0 spiro atoms. The summed E-state index contributed by atoms with van der Waals surface area (Å²) in [5.41, 5.74) is 1.07. The Morgan fingerprint density at radius 2 is 2.04 bits per heavy atom. The number of likely N-dealkylation sites (tertiary alicyclic amines) is 1. The standard InChI is InChI=1S/C18H28N4O2/c1-21-12-14(11-19-21)8-9-17(23)20-15-10-18(24)22(13-15)16-6-4-2-3-5-7-16/h11-12,15-16H,2-10,13H2,1H3,(H,20,23)/t15-/m1/s1.